The molecule has 1 N–H and O–H groups in total. The molecule has 1 heterocycles. The predicted molar refractivity (Wildman–Crippen MR) is 102 cm³/mol. The van der Waals surface area contributed by atoms with E-state index in [9.17, 15) is 18.0 Å². The molecule has 0 aliphatic rings. The van der Waals surface area contributed by atoms with Gasteiger partial charge in [-0.1, -0.05) is 29.3 Å². The Balaban J connectivity index is 1.89. The monoisotopic (exact) mass is 427 g/mol. The van der Waals surface area contributed by atoms with Gasteiger partial charge in [-0.25, -0.2) is 13.2 Å². The summed E-state index contributed by atoms with van der Waals surface area (Å²) in [7, 11) is 1.49. The second-order valence-corrected chi connectivity index (χ2v) is 6.87. The number of nitrogens with zero attached hydrogens (tertiary/aromatic N) is 2. The standard InChI is InChI=1S/C19H14Cl2F3N3O/c1-27-9-11(18(26-27)19(23)24)7-17(28)25-16-8-12(22)3-4-13(16)10-2-5-14(20)15(21)6-10/h2-6,8-9,19H,7H2,1H3,(H,25,28). The van der Waals surface area contributed by atoms with Gasteiger partial charge in [0.1, 0.15) is 11.5 Å². The highest BCUT2D eigenvalue weighted by Crippen LogP contribution is 2.33. The summed E-state index contributed by atoms with van der Waals surface area (Å²) >= 11 is 12.0. The molecule has 0 aliphatic heterocycles. The molecule has 0 saturated carbocycles. The topological polar surface area (TPSA) is 46.9 Å². The van der Waals surface area contributed by atoms with Gasteiger partial charge in [-0.15, -0.1) is 0 Å². The van der Waals surface area contributed by atoms with Crippen molar-refractivity contribution >= 4 is 34.8 Å². The van der Waals surface area contributed by atoms with Crippen LogP contribution in [0.2, 0.25) is 10.0 Å². The lowest BCUT2D eigenvalue weighted by Gasteiger charge is -2.12. The molecule has 3 rings (SSSR count). The molecule has 0 spiro atoms. The van der Waals surface area contributed by atoms with Crippen LogP contribution in [0.3, 0.4) is 0 Å². The molecule has 0 fully saturated rings. The molecule has 0 saturated heterocycles. The molecule has 1 amide bonds. The number of carbonyl (C=O) groups is 1. The van der Waals surface area contributed by atoms with Gasteiger partial charge >= 0.3 is 0 Å². The first kappa shape index (κ1) is 20.2. The number of carbonyl (C=O) groups excluding carboxylic acids is 1. The number of anilines is 1. The van der Waals surface area contributed by atoms with Gasteiger partial charge in [0, 0.05) is 24.4 Å². The smallest absolute Gasteiger partial charge is 0.282 e. The summed E-state index contributed by atoms with van der Waals surface area (Å²) in [6.07, 6.45) is -1.78. The Morgan fingerprint density at radius 2 is 1.93 bits per heavy atom. The molecule has 1 aromatic heterocycles. The molecule has 9 heteroatoms. The number of aryl methyl sites for hydroxylation is 1. The SMILES string of the molecule is Cn1cc(CC(=O)Nc2cc(F)ccc2-c2ccc(Cl)c(Cl)c2)c(C(F)F)n1. The van der Waals surface area contributed by atoms with Gasteiger partial charge < -0.3 is 5.32 Å². The number of halogens is 5. The van der Waals surface area contributed by atoms with Crippen molar-refractivity contribution in [2.75, 3.05) is 5.32 Å². The van der Waals surface area contributed by atoms with Crippen molar-refractivity contribution in [2.24, 2.45) is 7.05 Å². The lowest BCUT2D eigenvalue weighted by atomic mass is 10.0. The van der Waals surface area contributed by atoms with E-state index in [2.05, 4.69) is 10.4 Å². The Morgan fingerprint density at radius 1 is 1.18 bits per heavy atom. The van der Waals surface area contributed by atoms with Gasteiger partial charge in [0.05, 0.1) is 22.2 Å². The number of amides is 1. The van der Waals surface area contributed by atoms with E-state index in [4.69, 9.17) is 23.2 Å². The number of hydrogen-bond acceptors (Lipinski definition) is 2. The van der Waals surface area contributed by atoms with Crippen LogP contribution in [-0.2, 0) is 18.3 Å². The first-order chi connectivity index (χ1) is 13.2. The third-order valence-corrected chi connectivity index (χ3v) is 4.72. The molecule has 0 unspecified atom stereocenters. The number of nitrogens with one attached hydrogen (secondary N) is 1. The van der Waals surface area contributed by atoms with Crippen molar-refractivity contribution in [3.05, 3.63) is 69.7 Å². The first-order valence-corrected chi connectivity index (χ1v) is 8.85. The van der Waals surface area contributed by atoms with Gasteiger partial charge in [0.15, 0.2) is 0 Å². The average Bonchev–Trinajstić information content (AvgIpc) is 2.98. The molecule has 28 heavy (non-hydrogen) atoms. The normalized spacial score (nSPS) is 11.1. The van der Waals surface area contributed by atoms with Gasteiger partial charge in [-0.2, -0.15) is 5.10 Å². The van der Waals surface area contributed by atoms with E-state index in [1.807, 2.05) is 0 Å². The second kappa shape index (κ2) is 8.24. The number of hydrogen-bond donors (Lipinski definition) is 1. The quantitative estimate of drug-likeness (QED) is 0.571. The average molecular weight is 428 g/mol. The maximum atomic E-state index is 13.7. The van der Waals surface area contributed by atoms with Crippen LogP contribution in [0.25, 0.3) is 11.1 Å². The molecule has 2 aromatic carbocycles. The minimum Gasteiger partial charge on any atom is -0.325 e. The summed E-state index contributed by atoms with van der Waals surface area (Å²) in [6, 6.07) is 8.71. The molecular formula is C19H14Cl2F3N3O. The van der Waals surface area contributed by atoms with E-state index >= 15 is 0 Å². The van der Waals surface area contributed by atoms with Gasteiger partial charge in [0.25, 0.3) is 6.43 Å². The van der Waals surface area contributed by atoms with Crippen LogP contribution in [0.5, 0.6) is 0 Å². The first-order valence-electron chi connectivity index (χ1n) is 8.10. The van der Waals surface area contributed by atoms with Crippen LogP contribution in [-0.4, -0.2) is 15.7 Å². The van der Waals surface area contributed by atoms with Crippen molar-refractivity contribution in [1.29, 1.82) is 0 Å². The number of alkyl halides is 2. The van der Waals surface area contributed by atoms with Crippen molar-refractivity contribution < 1.29 is 18.0 Å². The van der Waals surface area contributed by atoms with Crippen LogP contribution in [0, 0.1) is 5.82 Å². The van der Waals surface area contributed by atoms with Crippen molar-refractivity contribution in [3.8, 4) is 11.1 Å². The van der Waals surface area contributed by atoms with Crippen LogP contribution >= 0.6 is 23.2 Å². The van der Waals surface area contributed by atoms with Gasteiger partial charge in [0.2, 0.25) is 5.91 Å². The summed E-state index contributed by atoms with van der Waals surface area (Å²) in [6.45, 7) is 0. The molecule has 0 aliphatic carbocycles. The van der Waals surface area contributed by atoms with E-state index < -0.39 is 23.8 Å². The summed E-state index contributed by atoms with van der Waals surface area (Å²) in [5.41, 5.74) is 0.947. The zero-order valence-electron chi connectivity index (χ0n) is 14.5. The fourth-order valence-corrected chi connectivity index (χ4v) is 3.08. The Labute approximate surface area is 168 Å². The van der Waals surface area contributed by atoms with Gasteiger partial charge in [-0.3, -0.25) is 9.48 Å². The van der Waals surface area contributed by atoms with E-state index in [-0.39, 0.29) is 17.7 Å². The fraction of sp³-hybridized carbons (Fsp3) is 0.158. The van der Waals surface area contributed by atoms with Crippen molar-refractivity contribution in [3.63, 3.8) is 0 Å². The molecule has 146 valence electrons. The van der Waals surface area contributed by atoms with E-state index in [1.165, 1.54) is 30.1 Å². The zero-order chi connectivity index (χ0) is 20.4. The number of rotatable bonds is 5. The van der Waals surface area contributed by atoms with E-state index in [0.717, 1.165) is 6.07 Å². The molecule has 4 nitrogen and oxygen atoms in total. The zero-order valence-corrected chi connectivity index (χ0v) is 16.0. The minimum atomic E-state index is -2.80. The van der Waals surface area contributed by atoms with Crippen molar-refractivity contribution in [2.45, 2.75) is 12.8 Å². The number of benzene rings is 2. The second-order valence-electron chi connectivity index (χ2n) is 6.06. The minimum absolute atomic E-state index is 0.0995. The molecule has 0 bridgehead atoms. The predicted octanol–water partition coefficient (Wildman–Crippen LogP) is 5.65. The van der Waals surface area contributed by atoms with E-state index in [1.54, 1.807) is 18.2 Å². The molecule has 0 atom stereocenters. The summed E-state index contributed by atoms with van der Waals surface area (Å²) < 4.78 is 41.1. The third kappa shape index (κ3) is 4.48. The molecular weight excluding hydrogens is 414 g/mol. The number of aromatic nitrogens is 2. The Morgan fingerprint density at radius 3 is 2.61 bits per heavy atom. The highest BCUT2D eigenvalue weighted by atomic mass is 35.5. The fourth-order valence-electron chi connectivity index (χ4n) is 2.78. The Hall–Kier alpha value is -2.51. The highest BCUT2D eigenvalue weighted by Gasteiger charge is 2.20. The molecule has 3 aromatic rings. The highest BCUT2D eigenvalue weighted by molar-refractivity contribution is 6.42. The summed E-state index contributed by atoms with van der Waals surface area (Å²) in [4.78, 5) is 12.4. The molecule has 0 radical (unpaired) electrons. The lowest BCUT2D eigenvalue weighted by Crippen LogP contribution is -2.16. The van der Waals surface area contributed by atoms with Crippen LogP contribution in [0.1, 0.15) is 17.7 Å². The maximum Gasteiger partial charge on any atom is 0.282 e. The van der Waals surface area contributed by atoms with E-state index in [0.29, 0.717) is 21.2 Å². The third-order valence-electron chi connectivity index (χ3n) is 3.98. The summed E-state index contributed by atoms with van der Waals surface area (Å²) in [5, 5.41) is 6.90. The lowest BCUT2D eigenvalue weighted by molar-refractivity contribution is -0.115. The summed E-state index contributed by atoms with van der Waals surface area (Å²) in [5.74, 6) is -1.14. The largest absolute Gasteiger partial charge is 0.325 e. The Bertz CT molecular complexity index is 1040. The maximum absolute atomic E-state index is 13.7. The van der Waals surface area contributed by atoms with Crippen LogP contribution in [0.15, 0.2) is 42.6 Å². The Kier molecular flexibility index (Phi) is 5.96. The van der Waals surface area contributed by atoms with Gasteiger partial charge in [-0.05, 0) is 35.9 Å². The van der Waals surface area contributed by atoms with Crippen molar-refractivity contribution in [1.82, 2.24) is 9.78 Å². The van der Waals surface area contributed by atoms with Crippen LogP contribution < -0.4 is 5.32 Å². The van der Waals surface area contributed by atoms with Crippen LogP contribution in [0.4, 0.5) is 18.9 Å².